The highest BCUT2D eigenvalue weighted by Crippen LogP contribution is 2.23. The van der Waals surface area contributed by atoms with Crippen molar-refractivity contribution in [2.45, 2.75) is 18.9 Å². The van der Waals surface area contributed by atoms with Gasteiger partial charge < -0.3 is 10.2 Å². The maximum atomic E-state index is 13.5. The molecule has 116 valence electrons. The standard InChI is InChI=1S/C14H15F2N5O/c15-11-2-1-3-12(16)13(11)19-14(22)20-8-4-10(5-9-20)21-17-6-7-18-21/h1-3,6-7,10H,4-5,8-9H2,(H,19,22). The lowest BCUT2D eigenvalue weighted by Crippen LogP contribution is -2.42. The molecule has 22 heavy (non-hydrogen) atoms. The van der Waals surface area contributed by atoms with Gasteiger partial charge in [0.2, 0.25) is 0 Å². The Morgan fingerprint density at radius 1 is 1.14 bits per heavy atom. The third kappa shape index (κ3) is 2.90. The van der Waals surface area contributed by atoms with E-state index in [9.17, 15) is 13.6 Å². The van der Waals surface area contributed by atoms with Crippen LogP contribution in [0.4, 0.5) is 19.3 Å². The van der Waals surface area contributed by atoms with Crippen molar-refractivity contribution in [2.24, 2.45) is 0 Å². The van der Waals surface area contributed by atoms with Crippen molar-refractivity contribution in [2.75, 3.05) is 18.4 Å². The van der Waals surface area contributed by atoms with Crippen molar-refractivity contribution in [1.82, 2.24) is 19.9 Å². The summed E-state index contributed by atoms with van der Waals surface area (Å²) in [6.07, 6.45) is 4.61. The van der Waals surface area contributed by atoms with Crippen LogP contribution >= 0.6 is 0 Å². The summed E-state index contributed by atoms with van der Waals surface area (Å²) in [4.78, 5) is 15.3. The Labute approximate surface area is 125 Å². The van der Waals surface area contributed by atoms with Crippen LogP contribution in [0.3, 0.4) is 0 Å². The Hall–Kier alpha value is -2.51. The molecule has 0 saturated carbocycles. The van der Waals surface area contributed by atoms with Crippen LogP contribution < -0.4 is 5.32 Å². The molecule has 1 aliphatic heterocycles. The predicted octanol–water partition coefficient (Wildman–Crippen LogP) is 2.43. The number of amides is 2. The average molecular weight is 307 g/mol. The van der Waals surface area contributed by atoms with Gasteiger partial charge in [-0.3, -0.25) is 0 Å². The highest BCUT2D eigenvalue weighted by Gasteiger charge is 2.25. The van der Waals surface area contributed by atoms with Crippen molar-refractivity contribution in [3.05, 3.63) is 42.2 Å². The number of nitrogens with one attached hydrogen (secondary N) is 1. The molecule has 0 atom stereocenters. The zero-order valence-corrected chi connectivity index (χ0v) is 11.7. The van der Waals surface area contributed by atoms with Crippen molar-refractivity contribution >= 4 is 11.7 Å². The van der Waals surface area contributed by atoms with Crippen LogP contribution in [0.1, 0.15) is 18.9 Å². The van der Waals surface area contributed by atoms with E-state index in [1.54, 1.807) is 17.2 Å². The second-order valence-corrected chi connectivity index (χ2v) is 5.09. The zero-order chi connectivity index (χ0) is 15.5. The number of nitrogens with zero attached hydrogens (tertiary/aromatic N) is 4. The zero-order valence-electron chi connectivity index (χ0n) is 11.7. The molecule has 0 radical (unpaired) electrons. The molecule has 1 fully saturated rings. The fourth-order valence-electron chi connectivity index (χ4n) is 2.52. The van der Waals surface area contributed by atoms with Crippen LogP contribution in [0.25, 0.3) is 0 Å². The molecular formula is C14H15F2N5O. The number of urea groups is 1. The molecule has 2 aromatic rings. The number of likely N-dealkylation sites (tertiary alicyclic amines) is 1. The summed E-state index contributed by atoms with van der Waals surface area (Å²) in [6.45, 7) is 0.961. The van der Waals surface area contributed by atoms with Crippen LogP contribution in [0.2, 0.25) is 0 Å². The lowest BCUT2D eigenvalue weighted by molar-refractivity contribution is 0.175. The molecule has 0 unspecified atom stereocenters. The fourth-order valence-corrected chi connectivity index (χ4v) is 2.52. The number of halogens is 2. The first-order valence-corrected chi connectivity index (χ1v) is 7.01. The molecule has 1 N–H and O–H groups in total. The number of carbonyl (C=O) groups excluding carboxylic acids is 1. The number of carbonyl (C=O) groups is 1. The van der Waals surface area contributed by atoms with Crippen molar-refractivity contribution in [3.8, 4) is 0 Å². The van der Waals surface area contributed by atoms with Crippen molar-refractivity contribution in [3.63, 3.8) is 0 Å². The van der Waals surface area contributed by atoms with E-state index in [4.69, 9.17) is 0 Å². The Bertz CT molecular complexity index is 633. The topological polar surface area (TPSA) is 63.1 Å². The molecule has 1 saturated heterocycles. The third-order valence-electron chi connectivity index (χ3n) is 3.71. The second-order valence-electron chi connectivity index (χ2n) is 5.09. The van der Waals surface area contributed by atoms with E-state index < -0.39 is 23.4 Å². The minimum atomic E-state index is -0.788. The summed E-state index contributed by atoms with van der Waals surface area (Å²) in [7, 11) is 0. The van der Waals surface area contributed by atoms with E-state index >= 15 is 0 Å². The molecule has 3 rings (SSSR count). The summed E-state index contributed by atoms with van der Waals surface area (Å²) in [5, 5.41) is 10.5. The van der Waals surface area contributed by atoms with Gasteiger partial charge in [0, 0.05) is 13.1 Å². The number of anilines is 1. The van der Waals surface area contributed by atoms with E-state index in [0.717, 1.165) is 12.1 Å². The molecule has 8 heteroatoms. The Morgan fingerprint density at radius 3 is 2.32 bits per heavy atom. The Balaban J connectivity index is 1.60. The van der Waals surface area contributed by atoms with Gasteiger partial charge in [-0.2, -0.15) is 15.0 Å². The summed E-state index contributed by atoms with van der Waals surface area (Å²) in [5.74, 6) is -1.58. The summed E-state index contributed by atoms with van der Waals surface area (Å²) >= 11 is 0. The van der Waals surface area contributed by atoms with Crippen molar-refractivity contribution < 1.29 is 13.6 Å². The van der Waals surface area contributed by atoms with Gasteiger partial charge in [-0.1, -0.05) is 6.07 Å². The molecule has 1 aliphatic rings. The predicted molar refractivity (Wildman–Crippen MR) is 75.2 cm³/mol. The molecule has 0 spiro atoms. The van der Waals surface area contributed by atoms with E-state index in [2.05, 4.69) is 15.5 Å². The quantitative estimate of drug-likeness (QED) is 0.927. The normalized spacial score (nSPS) is 15.8. The average Bonchev–Trinajstić information content (AvgIpc) is 3.05. The van der Waals surface area contributed by atoms with Crippen LogP contribution in [-0.2, 0) is 0 Å². The molecule has 2 heterocycles. The first-order chi connectivity index (χ1) is 10.6. The van der Waals surface area contributed by atoms with Gasteiger partial charge in [-0.15, -0.1) is 0 Å². The minimum absolute atomic E-state index is 0.143. The summed E-state index contributed by atoms with van der Waals surface area (Å²) in [6, 6.07) is 3.10. The Kier molecular flexibility index (Phi) is 3.99. The van der Waals surface area contributed by atoms with E-state index in [0.29, 0.717) is 25.9 Å². The van der Waals surface area contributed by atoms with Gasteiger partial charge in [0.05, 0.1) is 18.4 Å². The van der Waals surface area contributed by atoms with Crippen LogP contribution in [-0.4, -0.2) is 39.0 Å². The fraction of sp³-hybridized carbons (Fsp3) is 0.357. The van der Waals surface area contributed by atoms with E-state index in [-0.39, 0.29) is 6.04 Å². The number of aromatic nitrogens is 3. The maximum absolute atomic E-state index is 13.5. The second kappa shape index (κ2) is 6.08. The summed E-state index contributed by atoms with van der Waals surface area (Å²) < 4.78 is 27.1. The minimum Gasteiger partial charge on any atom is -0.324 e. The molecule has 1 aromatic carbocycles. The van der Waals surface area contributed by atoms with Gasteiger partial charge >= 0.3 is 6.03 Å². The van der Waals surface area contributed by atoms with Crippen molar-refractivity contribution in [1.29, 1.82) is 0 Å². The molecule has 1 aromatic heterocycles. The first-order valence-electron chi connectivity index (χ1n) is 7.01. The number of rotatable bonds is 2. The number of hydrogen-bond donors (Lipinski definition) is 1. The van der Waals surface area contributed by atoms with Crippen LogP contribution in [0, 0.1) is 11.6 Å². The van der Waals surface area contributed by atoms with Crippen LogP contribution in [0.15, 0.2) is 30.6 Å². The van der Waals surface area contributed by atoms with E-state index in [1.165, 1.54) is 11.0 Å². The van der Waals surface area contributed by atoms with Gasteiger partial charge in [-0.25, -0.2) is 13.6 Å². The van der Waals surface area contributed by atoms with Gasteiger partial charge in [0.15, 0.2) is 0 Å². The smallest absolute Gasteiger partial charge is 0.322 e. The highest BCUT2D eigenvalue weighted by atomic mass is 19.1. The molecule has 0 bridgehead atoms. The lowest BCUT2D eigenvalue weighted by atomic mass is 10.1. The number of piperidine rings is 1. The molecular weight excluding hydrogens is 292 g/mol. The number of hydrogen-bond acceptors (Lipinski definition) is 3. The van der Waals surface area contributed by atoms with Gasteiger partial charge in [0.25, 0.3) is 0 Å². The molecule has 0 aliphatic carbocycles. The third-order valence-corrected chi connectivity index (χ3v) is 3.71. The Morgan fingerprint density at radius 2 is 1.73 bits per heavy atom. The van der Waals surface area contributed by atoms with E-state index in [1.807, 2.05) is 0 Å². The number of para-hydroxylation sites is 1. The van der Waals surface area contributed by atoms with Gasteiger partial charge in [-0.05, 0) is 25.0 Å². The maximum Gasteiger partial charge on any atom is 0.322 e. The SMILES string of the molecule is O=C(Nc1c(F)cccc1F)N1CCC(n2nccn2)CC1. The number of benzene rings is 1. The lowest BCUT2D eigenvalue weighted by Gasteiger charge is -2.31. The molecule has 2 amide bonds. The largest absolute Gasteiger partial charge is 0.324 e. The first kappa shape index (κ1) is 14.4. The van der Waals surface area contributed by atoms with Gasteiger partial charge in [0.1, 0.15) is 17.3 Å². The molecule has 6 nitrogen and oxygen atoms in total. The summed E-state index contributed by atoms with van der Waals surface area (Å²) in [5.41, 5.74) is -0.414. The highest BCUT2D eigenvalue weighted by molar-refractivity contribution is 5.89. The monoisotopic (exact) mass is 307 g/mol. The van der Waals surface area contributed by atoms with Crippen LogP contribution in [0.5, 0.6) is 0 Å².